The van der Waals surface area contributed by atoms with Crippen molar-refractivity contribution < 1.29 is 9.59 Å². The zero-order valence-electron chi connectivity index (χ0n) is 19.2. The number of para-hydroxylation sites is 1. The summed E-state index contributed by atoms with van der Waals surface area (Å²) in [5, 5.41) is 7.48. The molecule has 3 rings (SSSR count). The molecule has 1 fully saturated rings. The van der Waals surface area contributed by atoms with E-state index >= 15 is 0 Å². The molecule has 1 aliphatic heterocycles. The highest BCUT2D eigenvalue weighted by Crippen LogP contribution is 2.17. The number of benzene rings is 1. The van der Waals surface area contributed by atoms with Crippen LogP contribution in [-0.2, 0) is 22.6 Å². The van der Waals surface area contributed by atoms with Crippen LogP contribution in [0.25, 0.3) is 0 Å². The van der Waals surface area contributed by atoms with E-state index in [2.05, 4.69) is 41.3 Å². The van der Waals surface area contributed by atoms with Crippen LogP contribution in [0.2, 0.25) is 0 Å². The average Bonchev–Trinajstić information content (AvgIpc) is 3.01. The molecule has 0 bridgehead atoms. The van der Waals surface area contributed by atoms with Gasteiger partial charge in [-0.05, 0) is 31.9 Å². The fraction of sp³-hybridized carbons (Fsp3) is 0.542. The number of aromatic nitrogens is 2. The Hall–Kier alpha value is -2.83. The van der Waals surface area contributed by atoms with E-state index in [-0.39, 0.29) is 11.8 Å². The second-order valence-electron chi connectivity index (χ2n) is 8.71. The van der Waals surface area contributed by atoms with Crippen LogP contribution in [0.1, 0.15) is 37.2 Å². The quantitative estimate of drug-likeness (QED) is 0.706. The molecule has 7 nitrogen and oxygen atoms in total. The Labute approximate surface area is 185 Å². The fourth-order valence-corrected chi connectivity index (χ4v) is 4.06. The first-order valence-electron chi connectivity index (χ1n) is 11.2. The predicted octanol–water partition coefficient (Wildman–Crippen LogP) is 2.55. The number of carbonyl (C=O) groups excluding carboxylic acids is 2. The summed E-state index contributed by atoms with van der Waals surface area (Å²) in [6, 6.07) is 10.3. The molecule has 2 amide bonds. The van der Waals surface area contributed by atoms with Gasteiger partial charge in [-0.2, -0.15) is 5.10 Å². The number of hydrogen-bond donors (Lipinski definition) is 1. The van der Waals surface area contributed by atoms with Gasteiger partial charge >= 0.3 is 0 Å². The van der Waals surface area contributed by atoms with Gasteiger partial charge in [0.25, 0.3) is 0 Å². The Balaban J connectivity index is 1.41. The van der Waals surface area contributed by atoms with Crippen molar-refractivity contribution in [1.82, 2.24) is 20.0 Å². The summed E-state index contributed by atoms with van der Waals surface area (Å²) < 4.78 is 1.99. The summed E-state index contributed by atoms with van der Waals surface area (Å²) in [5.74, 6) is 0.544. The van der Waals surface area contributed by atoms with Crippen molar-refractivity contribution in [2.24, 2.45) is 5.92 Å². The molecule has 0 aliphatic carbocycles. The maximum absolute atomic E-state index is 12.5. The summed E-state index contributed by atoms with van der Waals surface area (Å²) in [6.07, 6.45) is 0.640. The van der Waals surface area contributed by atoms with E-state index < -0.39 is 0 Å². The molecule has 1 aliphatic rings. The van der Waals surface area contributed by atoms with E-state index in [1.807, 2.05) is 41.6 Å². The molecule has 31 heavy (non-hydrogen) atoms. The molecule has 0 unspecified atom stereocenters. The number of carbonyl (C=O) groups is 2. The van der Waals surface area contributed by atoms with E-state index in [1.54, 1.807) is 0 Å². The van der Waals surface area contributed by atoms with Gasteiger partial charge in [-0.25, -0.2) is 0 Å². The number of hydrogen-bond acceptors (Lipinski definition) is 4. The van der Waals surface area contributed by atoms with Crippen molar-refractivity contribution in [3.8, 4) is 0 Å². The number of nitrogens with zero attached hydrogens (tertiary/aromatic N) is 4. The monoisotopic (exact) mass is 425 g/mol. The lowest BCUT2D eigenvalue weighted by atomic mass is 10.1. The Morgan fingerprint density at radius 3 is 2.39 bits per heavy atom. The van der Waals surface area contributed by atoms with Crippen LogP contribution < -0.4 is 10.2 Å². The van der Waals surface area contributed by atoms with Gasteiger partial charge in [0.05, 0.1) is 12.1 Å². The van der Waals surface area contributed by atoms with Crippen molar-refractivity contribution in [3.63, 3.8) is 0 Å². The van der Waals surface area contributed by atoms with Gasteiger partial charge in [0.15, 0.2) is 0 Å². The average molecular weight is 426 g/mol. The standard InChI is InChI=1S/C24H35N5O2/c1-18(2)17-29-20(4)22(19(3)26-29)16-23(30)25-11-10-24(31)28-14-12-27(13-15-28)21-8-6-5-7-9-21/h5-9,18H,10-17H2,1-4H3,(H,25,30). The predicted molar refractivity (Wildman–Crippen MR) is 123 cm³/mol. The molecule has 0 radical (unpaired) electrons. The van der Waals surface area contributed by atoms with Crippen molar-refractivity contribution in [2.75, 3.05) is 37.6 Å². The number of piperazine rings is 1. The van der Waals surface area contributed by atoms with Crippen LogP contribution in [0.15, 0.2) is 30.3 Å². The number of nitrogens with one attached hydrogen (secondary N) is 1. The fourth-order valence-electron chi connectivity index (χ4n) is 4.06. The van der Waals surface area contributed by atoms with Gasteiger partial charge in [-0.1, -0.05) is 32.0 Å². The molecule has 0 atom stereocenters. The number of rotatable bonds is 8. The summed E-state index contributed by atoms with van der Waals surface area (Å²) in [4.78, 5) is 29.2. The van der Waals surface area contributed by atoms with Gasteiger partial charge in [-0.3, -0.25) is 14.3 Å². The summed E-state index contributed by atoms with van der Waals surface area (Å²) in [6.45, 7) is 12.6. The largest absolute Gasteiger partial charge is 0.368 e. The highest BCUT2D eigenvalue weighted by molar-refractivity contribution is 5.81. The van der Waals surface area contributed by atoms with Crippen molar-refractivity contribution in [2.45, 2.75) is 47.1 Å². The third kappa shape index (κ3) is 6.09. The zero-order chi connectivity index (χ0) is 22.4. The van der Waals surface area contributed by atoms with Crippen molar-refractivity contribution >= 4 is 17.5 Å². The normalized spacial score (nSPS) is 14.2. The third-order valence-corrected chi connectivity index (χ3v) is 5.82. The van der Waals surface area contributed by atoms with Crippen LogP contribution in [-0.4, -0.2) is 59.2 Å². The van der Waals surface area contributed by atoms with Gasteiger partial charge < -0.3 is 15.1 Å². The van der Waals surface area contributed by atoms with Crippen molar-refractivity contribution in [3.05, 3.63) is 47.3 Å². The minimum Gasteiger partial charge on any atom is -0.368 e. The highest BCUT2D eigenvalue weighted by atomic mass is 16.2. The Kier molecular flexibility index (Phi) is 7.71. The molecule has 7 heteroatoms. The van der Waals surface area contributed by atoms with Gasteiger partial charge in [-0.15, -0.1) is 0 Å². The van der Waals surface area contributed by atoms with E-state index in [9.17, 15) is 9.59 Å². The van der Waals surface area contributed by atoms with Crippen LogP contribution in [0.4, 0.5) is 5.69 Å². The molecule has 0 spiro atoms. The van der Waals surface area contributed by atoms with Gasteiger partial charge in [0.2, 0.25) is 11.8 Å². The topological polar surface area (TPSA) is 70.5 Å². The second kappa shape index (κ2) is 10.5. The minimum absolute atomic E-state index is 0.0583. The minimum atomic E-state index is -0.0583. The molecule has 1 N–H and O–H groups in total. The van der Waals surface area contributed by atoms with Gasteiger partial charge in [0.1, 0.15) is 0 Å². The first-order chi connectivity index (χ1) is 14.8. The lowest BCUT2D eigenvalue weighted by Gasteiger charge is -2.36. The van der Waals surface area contributed by atoms with E-state index in [0.717, 1.165) is 49.7 Å². The van der Waals surface area contributed by atoms with Crippen LogP contribution in [0.3, 0.4) is 0 Å². The summed E-state index contributed by atoms with van der Waals surface area (Å²) in [7, 11) is 0. The highest BCUT2D eigenvalue weighted by Gasteiger charge is 2.21. The summed E-state index contributed by atoms with van der Waals surface area (Å²) in [5.41, 5.74) is 4.14. The van der Waals surface area contributed by atoms with Gasteiger partial charge in [0, 0.05) is 62.6 Å². The first-order valence-corrected chi connectivity index (χ1v) is 11.2. The van der Waals surface area contributed by atoms with E-state index in [0.29, 0.717) is 25.3 Å². The van der Waals surface area contributed by atoms with Crippen molar-refractivity contribution in [1.29, 1.82) is 0 Å². The molecule has 0 saturated carbocycles. The van der Waals surface area contributed by atoms with Crippen LogP contribution in [0.5, 0.6) is 0 Å². The number of amides is 2. The third-order valence-electron chi connectivity index (χ3n) is 5.82. The molecule has 168 valence electrons. The smallest absolute Gasteiger partial charge is 0.224 e. The second-order valence-corrected chi connectivity index (χ2v) is 8.71. The number of aryl methyl sites for hydroxylation is 1. The lowest BCUT2D eigenvalue weighted by Crippen LogP contribution is -2.49. The molecular weight excluding hydrogens is 390 g/mol. The number of anilines is 1. The Morgan fingerprint density at radius 2 is 1.74 bits per heavy atom. The Bertz CT molecular complexity index is 883. The molecule has 1 aromatic heterocycles. The first kappa shape index (κ1) is 22.8. The van der Waals surface area contributed by atoms with Crippen LogP contribution in [0, 0.1) is 19.8 Å². The maximum Gasteiger partial charge on any atom is 0.224 e. The molecule has 2 aromatic rings. The summed E-state index contributed by atoms with van der Waals surface area (Å²) >= 11 is 0. The SMILES string of the molecule is Cc1nn(CC(C)C)c(C)c1CC(=O)NCCC(=O)N1CCN(c2ccccc2)CC1. The molecule has 1 aromatic carbocycles. The lowest BCUT2D eigenvalue weighted by molar-refractivity contribution is -0.131. The van der Waals surface area contributed by atoms with E-state index in [4.69, 9.17) is 0 Å². The van der Waals surface area contributed by atoms with E-state index in [1.165, 1.54) is 5.69 Å². The molecule has 1 saturated heterocycles. The van der Waals surface area contributed by atoms with Crippen LogP contribution >= 0.6 is 0 Å². The zero-order valence-corrected chi connectivity index (χ0v) is 19.2. The molecule has 2 heterocycles. The maximum atomic E-state index is 12.5. The molecular formula is C24H35N5O2. The Morgan fingerprint density at radius 1 is 1.06 bits per heavy atom.